The number of hydrogen-bond acceptors (Lipinski definition) is 6. The minimum absolute atomic E-state index is 0.209. The normalized spacial score (nSPS) is 16.1. The first-order valence-electron chi connectivity index (χ1n) is 10.3. The molecule has 0 spiro atoms. The van der Waals surface area contributed by atoms with Crippen molar-refractivity contribution in [3.8, 4) is 17.2 Å². The van der Waals surface area contributed by atoms with Gasteiger partial charge in [-0.15, -0.1) is 4.41 Å². The van der Waals surface area contributed by atoms with Crippen molar-refractivity contribution in [2.24, 2.45) is 0 Å². The van der Waals surface area contributed by atoms with E-state index in [1.807, 2.05) is 49.4 Å². The van der Waals surface area contributed by atoms with Gasteiger partial charge in [-0.05, 0) is 61.0 Å². The third-order valence-corrected chi connectivity index (χ3v) is 7.24. The molecule has 3 aromatic carbocycles. The first-order valence-corrected chi connectivity index (χ1v) is 11.8. The fourth-order valence-electron chi connectivity index (χ4n) is 3.68. The number of aryl methyl sites for hydroxylation is 1. The van der Waals surface area contributed by atoms with Crippen molar-refractivity contribution in [3.63, 3.8) is 0 Å². The minimum atomic E-state index is -3.85. The van der Waals surface area contributed by atoms with E-state index in [1.54, 1.807) is 51.7 Å². The van der Waals surface area contributed by atoms with Crippen LogP contribution in [0, 0.1) is 6.92 Å². The average molecular weight is 467 g/mol. The number of methoxy groups -OCH3 is 3. The molecule has 0 aliphatic carbocycles. The third kappa shape index (κ3) is 4.40. The molecule has 0 radical (unpaired) electrons. The van der Waals surface area contributed by atoms with Gasteiger partial charge in [0.25, 0.3) is 10.0 Å². The van der Waals surface area contributed by atoms with E-state index in [9.17, 15) is 8.42 Å². The number of hydrogen-bond donors (Lipinski definition) is 1. The smallest absolute Gasteiger partial charge is 0.260 e. The topological polar surface area (TPSA) is 77.1 Å². The van der Waals surface area contributed by atoms with Gasteiger partial charge in [-0.2, -0.15) is 0 Å². The third-order valence-electron chi connectivity index (χ3n) is 5.54. The molecule has 3 aromatic rings. The van der Waals surface area contributed by atoms with Crippen molar-refractivity contribution < 1.29 is 22.6 Å². The molecule has 1 aliphatic heterocycles. The molecule has 8 heteroatoms. The number of sulfonamides is 1. The zero-order valence-corrected chi connectivity index (χ0v) is 19.7. The molecule has 0 saturated heterocycles. The van der Waals surface area contributed by atoms with Gasteiger partial charge in [0.15, 0.2) is 11.5 Å². The summed E-state index contributed by atoms with van der Waals surface area (Å²) in [5.74, 6) is 1.84. The Morgan fingerprint density at radius 1 is 0.818 bits per heavy atom. The maximum atomic E-state index is 13.6. The highest BCUT2D eigenvalue weighted by Gasteiger charge is 2.37. The highest BCUT2D eigenvalue weighted by atomic mass is 32.2. The van der Waals surface area contributed by atoms with Crippen LogP contribution in [0.2, 0.25) is 0 Å². The maximum absolute atomic E-state index is 13.6. The zero-order valence-electron chi connectivity index (χ0n) is 18.9. The summed E-state index contributed by atoms with van der Waals surface area (Å²) >= 11 is 0. The summed E-state index contributed by atoms with van der Waals surface area (Å²) in [6, 6.07) is 19.0. The van der Waals surface area contributed by atoms with Crippen molar-refractivity contribution in [3.05, 3.63) is 89.5 Å². The molecule has 0 fully saturated rings. The van der Waals surface area contributed by atoms with Gasteiger partial charge in [-0.3, -0.25) is 0 Å². The van der Waals surface area contributed by atoms with Crippen molar-refractivity contribution in [1.82, 2.24) is 9.84 Å². The molecule has 0 aromatic heterocycles. The number of hydrazine groups is 1. The highest BCUT2D eigenvalue weighted by Crippen LogP contribution is 2.38. The lowest BCUT2D eigenvalue weighted by atomic mass is 10.0. The van der Waals surface area contributed by atoms with Crippen LogP contribution < -0.4 is 19.6 Å². The average Bonchev–Trinajstić information content (AvgIpc) is 3.30. The van der Waals surface area contributed by atoms with Gasteiger partial charge in [0.1, 0.15) is 5.75 Å². The van der Waals surface area contributed by atoms with E-state index in [0.717, 1.165) is 16.7 Å². The number of benzene rings is 3. The van der Waals surface area contributed by atoms with E-state index < -0.39 is 16.1 Å². The van der Waals surface area contributed by atoms with E-state index in [1.165, 1.54) is 4.41 Å². The molecular weight excluding hydrogens is 440 g/mol. The lowest BCUT2D eigenvalue weighted by Crippen LogP contribution is -2.39. The van der Waals surface area contributed by atoms with Crippen LogP contribution in [0.25, 0.3) is 5.70 Å². The summed E-state index contributed by atoms with van der Waals surface area (Å²) in [7, 11) is 0.869. The van der Waals surface area contributed by atoms with Crippen LogP contribution in [0.15, 0.2) is 77.7 Å². The standard InChI is InChI=1S/C25H26N2O5S/c1-17-5-12-21(13-6-17)33(28,29)27-23(18-7-10-20(30-2)11-8-18)16-22(26-27)19-9-14-24(31-3)25(15-19)32-4/h5-16,23,26H,1-4H3. The highest BCUT2D eigenvalue weighted by molar-refractivity contribution is 7.89. The number of nitrogens with one attached hydrogen (secondary N) is 1. The molecule has 1 N–H and O–H groups in total. The summed E-state index contributed by atoms with van der Waals surface area (Å²) in [5, 5.41) is 0. The van der Waals surface area contributed by atoms with Gasteiger partial charge in [-0.1, -0.05) is 29.8 Å². The van der Waals surface area contributed by atoms with Gasteiger partial charge < -0.3 is 19.6 Å². The predicted octanol–water partition coefficient (Wildman–Crippen LogP) is 4.31. The molecule has 0 saturated carbocycles. The van der Waals surface area contributed by atoms with Crippen LogP contribution in [-0.4, -0.2) is 34.2 Å². The molecule has 0 amide bonds. The molecule has 33 heavy (non-hydrogen) atoms. The molecule has 0 bridgehead atoms. The molecule has 1 aliphatic rings. The fraction of sp³-hybridized carbons (Fsp3) is 0.200. The molecule has 1 atom stereocenters. The van der Waals surface area contributed by atoms with Crippen LogP contribution in [0.4, 0.5) is 0 Å². The Bertz CT molecular complexity index is 1270. The summed E-state index contributed by atoms with van der Waals surface area (Å²) < 4.78 is 44.5. The molecular formula is C25H26N2O5S. The lowest BCUT2D eigenvalue weighted by molar-refractivity contribution is 0.347. The van der Waals surface area contributed by atoms with Gasteiger partial charge in [0, 0.05) is 5.56 Å². The monoisotopic (exact) mass is 466 g/mol. The lowest BCUT2D eigenvalue weighted by Gasteiger charge is -2.25. The van der Waals surface area contributed by atoms with Crippen LogP contribution >= 0.6 is 0 Å². The Kier molecular flexibility index (Phi) is 6.31. The largest absolute Gasteiger partial charge is 0.497 e. The van der Waals surface area contributed by atoms with Crippen molar-refractivity contribution in [1.29, 1.82) is 0 Å². The Balaban J connectivity index is 1.78. The predicted molar refractivity (Wildman–Crippen MR) is 127 cm³/mol. The van der Waals surface area contributed by atoms with Crippen molar-refractivity contribution in [2.45, 2.75) is 17.9 Å². The van der Waals surface area contributed by atoms with Crippen molar-refractivity contribution >= 4 is 15.7 Å². The van der Waals surface area contributed by atoms with Crippen molar-refractivity contribution in [2.75, 3.05) is 21.3 Å². The van der Waals surface area contributed by atoms with E-state index in [2.05, 4.69) is 5.43 Å². The number of nitrogens with zero attached hydrogens (tertiary/aromatic N) is 1. The second-order valence-electron chi connectivity index (χ2n) is 7.59. The van der Waals surface area contributed by atoms with Gasteiger partial charge in [0.05, 0.1) is 38.0 Å². The van der Waals surface area contributed by atoms with E-state index in [4.69, 9.17) is 14.2 Å². The number of ether oxygens (including phenoxy) is 3. The summed E-state index contributed by atoms with van der Waals surface area (Å²) in [6.07, 6.45) is 1.88. The molecule has 1 heterocycles. The quantitative estimate of drug-likeness (QED) is 0.559. The minimum Gasteiger partial charge on any atom is -0.497 e. The SMILES string of the molecule is COc1ccc(C2C=C(c3ccc(OC)c(OC)c3)NN2S(=O)(=O)c2ccc(C)cc2)cc1. The van der Waals surface area contributed by atoms with E-state index >= 15 is 0 Å². The Morgan fingerprint density at radius 3 is 2.09 bits per heavy atom. The Morgan fingerprint density at radius 2 is 1.48 bits per heavy atom. The van der Waals surface area contributed by atoms with Crippen LogP contribution in [0.5, 0.6) is 17.2 Å². The fourth-order valence-corrected chi connectivity index (χ4v) is 5.09. The maximum Gasteiger partial charge on any atom is 0.260 e. The molecule has 172 valence electrons. The molecule has 1 unspecified atom stereocenters. The van der Waals surface area contributed by atoms with E-state index in [-0.39, 0.29) is 4.90 Å². The van der Waals surface area contributed by atoms with Gasteiger partial charge in [-0.25, -0.2) is 8.42 Å². The Hall–Kier alpha value is -3.49. The first-order chi connectivity index (χ1) is 15.9. The Labute approximate surface area is 194 Å². The molecule has 7 nitrogen and oxygen atoms in total. The summed E-state index contributed by atoms with van der Waals surface area (Å²) in [6.45, 7) is 1.92. The van der Waals surface area contributed by atoms with Crippen LogP contribution in [0.3, 0.4) is 0 Å². The number of rotatable bonds is 7. The molecule has 4 rings (SSSR count). The van der Waals surface area contributed by atoms with Crippen LogP contribution in [0.1, 0.15) is 22.7 Å². The van der Waals surface area contributed by atoms with E-state index in [0.29, 0.717) is 22.9 Å². The zero-order chi connectivity index (χ0) is 23.6. The van der Waals surface area contributed by atoms with Crippen LogP contribution in [-0.2, 0) is 10.0 Å². The van der Waals surface area contributed by atoms with Gasteiger partial charge in [0.2, 0.25) is 0 Å². The summed E-state index contributed by atoms with van der Waals surface area (Å²) in [4.78, 5) is 0.209. The second kappa shape index (κ2) is 9.17. The first kappa shape index (κ1) is 22.7. The second-order valence-corrected chi connectivity index (χ2v) is 9.41. The van der Waals surface area contributed by atoms with Gasteiger partial charge >= 0.3 is 0 Å². The summed E-state index contributed by atoms with van der Waals surface area (Å²) in [5.41, 5.74) is 6.31.